The molecule has 1 aromatic rings. The third kappa shape index (κ3) is 2.79. The van der Waals surface area contributed by atoms with Crippen molar-refractivity contribution >= 4 is 11.5 Å². The lowest BCUT2D eigenvalue weighted by Gasteiger charge is -2.17. The summed E-state index contributed by atoms with van der Waals surface area (Å²) in [5, 5.41) is 17.2. The first-order valence-corrected chi connectivity index (χ1v) is 4.65. The largest absolute Gasteiger partial charge is 0.344 e. The molecule has 0 fully saturated rings. The Bertz CT molecular complexity index is 436. The summed E-state index contributed by atoms with van der Waals surface area (Å²) in [5.74, 6) is -0.112. The summed E-state index contributed by atoms with van der Waals surface area (Å²) in [5.41, 5.74) is 1.03. The number of rotatable bonds is 4. The fraction of sp³-hybridized carbons (Fsp3) is 0.273. The van der Waals surface area contributed by atoms with Gasteiger partial charge in [-0.3, -0.25) is 9.78 Å². The van der Waals surface area contributed by atoms with Crippen LogP contribution < -0.4 is 4.90 Å². The number of pyridine rings is 1. The Labute approximate surface area is 93.5 Å². The van der Waals surface area contributed by atoms with Crippen molar-refractivity contribution in [3.63, 3.8) is 0 Å². The van der Waals surface area contributed by atoms with E-state index >= 15 is 0 Å². The monoisotopic (exact) mass is 214 g/mol. The van der Waals surface area contributed by atoms with Gasteiger partial charge in [0.25, 0.3) is 0 Å². The van der Waals surface area contributed by atoms with Crippen LogP contribution in [0.25, 0.3) is 0 Å². The third-order valence-corrected chi connectivity index (χ3v) is 2.00. The van der Waals surface area contributed by atoms with Gasteiger partial charge in [-0.1, -0.05) is 0 Å². The van der Waals surface area contributed by atoms with Crippen LogP contribution in [0.15, 0.2) is 18.3 Å². The Balaban J connectivity index is 2.91. The minimum absolute atomic E-state index is 0.112. The van der Waals surface area contributed by atoms with E-state index in [4.69, 9.17) is 10.5 Å². The van der Waals surface area contributed by atoms with Crippen molar-refractivity contribution in [3.05, 3.63) is 24.0 Å². The molecule has 0 spiro atoms. The Morgan fingerprint density at radius 3 is 2.38 bits per heavy atom. The van der Waals surface area contributed by atoms with Crippen molar-refractivity contribution in [3.8, 4) is 12.1 Å². The summed E-state index contributed by atoms with van der Waals surface area (Å²) in [7, 11) is 0. The van der Waals surface area contributed by atoms with Gasteiger partial charge in [0.15, 0.2) is 5.78 Å². The highest BCUT2D eigenvalue weighted by Crippen LogP contribution is 2.12. The Morgan fingerprint density at radius 1 is 1.38 bits per heavy atom. The van der Waals surface area contributed by atoms with Crippen molar-refractivity contribution in [2.75, 3.05) is 18.0 Å². The van der Waals surface area contributed by atoms with Gasteiger partial charge in [0.2, 0.25) is 0 Å². The van der Waals surface area contributed by atoms with E-state index in [1.807, 2.05) is 12.1 Å². The average Bonchev–Trinajstić information content (AvgIpc) is 2.29. The zero-order valence-corrected chi connectivity index (χ0v) is 8.84. The zero-order valence-electron chi connectivity index (χ0n) is 8.84. The van der Waals surface area contributed by atoms with E-state index in [1.54, 1.807) is 17.0 Å². The van der Waals surface area contributed by atoms with E-state index in [0.717, 1.165) is 0 Å². The molecule has 0 aliphatic carbocycles. The van der Waals surface area contributed by atoms with Crippen LogP contribution in [0.2, 0.25) is 0 Å². The molecule has 1 rings (SSSR count). The highest BCUT2D eigenvalue weighted by Gasteiger charge is 2.07. The summed E-state index contributed by atoms with van der Waals surface area (Å²) in [6.45, 7) is 1.67. The minimum Gasteiger partial charge on any atom is -0.344 e. The molecule has 0 unspecified atom stereocenters. The van der Waals surface area contributed by atoms with Gasteiger partial charge in [0.05, 0.1) is 24.0 Å². The molecular weight excluding hydrogens is 204 g/mol. The molecule has 1 aromatic heterocycles. The second-order valence-corrected chi connectivity index (χ2v) is 3.13. The topological polar surface area (TPSA) is 80.8 Å². The van der Waals surface area contributed by atoms with Gasteiger partial charge in [0.1, 0.15) is 18.8 Å². The van der Waals surface area contributed by atoms with E-state index < -0.39 is 0 Å². The van der Waals surface area contributed by atoms with Crippen LogP contribution in [-0.2, 0) is 0 Å². The lowest BCUT2D eigenvalue weighted by molar-refractivity contribution is 0.101. The third-order valence-electron chi connectivity index (χ3n) is 2.00. The van der Waals surface area contributed by atoms with Crippen LogP contribution in [0, 0.1) is 22.7 Å². The van der Waals surface area contributed by atoms with E-state index in [9.17, 15) is 4.79 Å². The predicted octanol–water partition coefficient (Wildman–Crippen LogP) is 1.14. The molecule has 0 saturated heterocycles. The molecule has 0 aliphatic rings. The van der Waals surface area contributed by atoms with E-state index in [-0.39, 0.29) is 18.9 Å². The van der Waals surface area contributed by atoms with Crippen molar-refractivity contribution in [2.45, 2.75) is 6.92 Å². The van der Waals surface area contributed by atoms with Crippen LogP contribution in [0.1, 0.15) is 17.4 Å². The van der Waals surface area contributed by atoms with E-state index in [1.165, 1.54) is 13.1 Å². The lowest BCUT2D eigenvalue weighted by atomic mass is 10.2. The maximum absolute atomic E-state index is 11.0. The minimum atomic E-state index is -0.112. The van der Waals surface area contributed by atoms with E-state index in [2.05, 4.69) is 4.98 Å². The lowest BCUT2D eigenvalue weighted by Crippen LogP contribution is -2.23. The molecule has 1 heterocycles. The Kier molecular flexibility index (Phi) is 3.99. The SMILES string of the molecule is CC(=O)c1ccc(N(CC#N)CC#N)cn1. The summed E-state index contributed by atoms with van der Waals surface area (Å²) in [6.07, 6.45) is 1.49. The number of Topliss-reactive ketones (excluding diaryl/α,β-unsaturated/α-hetero) is 1. The van der Waals surface area contributed by atoms with Gasteiger partial charge >= 0.3 is 0 Å². The summed E-state index contributed by atoms with van der Waals surface area (Å²) in [6, 6.07) is 7.20. The fourth-order valence-corrected chi connectivity index (χ4v) is 1.19. The van der Waals surface area contributed by atoms with Crippen molar-refractivity contribution < 1.29 is 4.79 Å². The number of carbonyl (C=O) groups is 1. The molecule has 16 heavy (non-hydrogen) atoms. The smallest absolute Gasteiger partial charge is 0.178 e. The molecular formula is C11H10N4O. The van der Waals surface area contributed by atoms with Crippen molar-refractivity contribution in [1.29, 1.82) is 10.5 Å². The Hall–Kier alpha value is -2.40. The number of aromatic nitrogens is 1. The van der Waals surface area contributed by atoms with Gasteiger partial charge in [-0.25, -0.2) is 0 Å². The van der Waals surface area contributed by atoms with E-state index in [0.29, 0.717) is 11.4 Å². The maximum atomic E-state index is 11.0. The highest BCUT2D eigenvalue weighted by molar-refractivity contribution is 5.92. The molecule has 80 valence electrons. The first kappa shape index (κ1) is 11.7. The van der Waals surface area contributed by atoms with Crippen molar-refractivity contribution in [1.82, 2.24) is 4.98 Å². The van der Waals surface area contributed by atoms with Gasteiger partial charge in [-0.15, -0.1) is 0 Å². The van der Waals surface area contributed by atoms with Gasteiger partial charge in [-0.2, -0.15) is 10.5 Å². The molecule has 5 heteroatoms. The van der Waals surface area contributed by atoms with Crippen LogP contribution in [0.4, 0.5) is 5.69 Å². The first-order valence-electron chi connectivity index (χ1n) is 4.65. The van der Waals surface area contributed by atoms with Gasteiger partial charge in [-0.05, 0) is 12.1 Å². The second kappa shape index (κ2) is 5.47. The number of hydrogen-bond donors (Lipinski definition) is 0. The normalized spacial score (nSPS) is 8.94. The molecule has 0 saturated carbocycles. The Morgan fingerprint density at radius 2 is 2.00 bits per heavy atom. The first-order chi connectivity index (χ1) is 7.69. The number of nitriles is 2. The standard InChI is InChI=1S/C11H10N4O/c1-9(16)11-3-2-10(8-14-11)15(6-4-12)7-5-13/h2-3,8H,6-7H2,1H3. The molecule has 5 nitrogen and oxygen atoms in total. The predicted molar refractivity (Wildman–Crippen MR) is 57.7 cm³/mol. The van der Waals surface area contributed by atoms with Gasteiger partial charge < -0.3 is 4.90 Å². The number of hydrogen-bond acceptors (Lipinski definition) is 5. The highest BCUT2D eigenvalue weighted by atomic mass is 16.1. The number of anilines is 1. The second-order valence-electron chi connectivity index (χ2n) is 3.13. The summed E-state index contributed by atoms with van der Waals surface area (Å²) < 4.78 is 0. The summed E-state index contributed by atoms with van der Waals surface area (Å²) >= 11 is 0. The number of carbonyl (C=O) groups excluding carboxylic acids is 1. The fourth-order valence-electron chi connectivity index (χ4n) is 1.19. The maximum Gasteiger partial charge on any atom is 0.178 e. The molecule has 0 aliphatic heterocycles. The number of nitrogens with zero attached hydrogens (tertiary/aromatic N) is 4. The van der Waals surface area contributed by atoms with Gasteiger partial charge in [0, 0.05) is 6.92 Å². The molecule has 0 aromatic carbocycles. The molecule has 0 N–H and O–H groups in total. The van der Waals surface area contributed by atoms with Crippen LogP contribution in [-0.4, -0.2) is 23.9 Å². The quantitative estimate of drug-likeness (QED) is 0.554. The molecule has 0 atom stereocenters. The zero-order chi connectivity index (χ0) is 12.0. The molecule has 0 radical (unpaired) electrons. The number of ketones is 1. The van der Waals surface area contributed by atoms with Crippen LogP contribution >= 0.6 is 0 Å². The van der Waals surface area contributed by atoms with Crippen molar-refractivity contribution in [2.24, 2.45) is 0 Å². The van der Waals surface area contributed by atoms with Crippen LogP contribution in [0.5, 0.6) is 0 Å². The molecule has 0 amide bonds. The summed E-state index contributed by atoms with van der Waals surface area (Å²) in [4.78, 5) is 16.5. The van der Waals surface area contributed by atoms with Crippen LogP contribution in [0.3, 0.4) is 0 Å². The molecule has 0 bridgehead atoms. The average molecular weight is 214 g/mol.